The highest BCUT2D eigenvalue weighted by Gasteiger charge is 2.10. The van der Waals surface area contributed by atoms with Crippen molar-refractivity contribution in [1.29, 1.82) is 0 Å². The molecule has 1 atom stereocenters. The van der Waals surface area contributed by atoms with Crippen molar-refractivity contribution in [2.75, 3.05) is 0 Å². The zero-order valence-corrected chi connectivity index (χ0v) is 7.88. The van der Waals surface area contributed by atoms with E-state index < -0.39 is 12.1 Å². The van der Waals surface area contributed by atoms with Crippen molar-refractivity contribution in [3.8, 4) is 5.75 Å². The smallest absolute Gasteiger partial charge is 0.405 e. The molecule has 3 N–H and O–H groups in total. The minimum atomic E-state index is -1.24. The van der Waals surface area contributed by atoms with Gasteiger partial charge in [0.05, 0.1) is 6.04 Å². The largest absolute Gasteiger partial charge is 0.508 e. The lowest BCUT2D eigenvalue weighted by Gasteiger charge is -2.09. The topological polar surface area (TPSA) is 86.6 Å². The summed E-state index contributed by atoms with van der Waals surface area (Å²) < 4.78 is 0. The Labute approximate surface area is 86.4 Å². The molecule has 1 unspecified atom stereocenters. The number of carbonyl (C=O) groups excluding carboxylic acids is 1. The van der Waals surface area contributed by atoms with E-state index in [1.807, 2.05) is 0 Å². The quantitative estimate of drug-likeness (QED) is 0.639. The Morgan fingerprint density at radius 2 is 2.27 bits per heavy atom. The summed E-state index contributed by atoms with van der Waals surface area (Å²) in [6.07, 6.45) is -0.491. The Morgan fingerprint density at radius 1 is 1.53 bits per heavy atom. The molecule has 1 aromatic carbocycles. The van der Waals surface area contributed by atoms with Gasteiger partial charge in [-0.2, -0.15) is 0 Å². The maximum Gasteiger partial charge on any atom is 0.405 e. The van der Waals surface area contributed by atoms with Gasteiger partial charge in [-0.05, 0) is 24.1 Å². The van der Waals surface area contributed by atoms with Gasteiger partial charge in [0.15, 0.2) is 0 Å². The molecule has 15 heavy (non-hydrogen) atoms. The van der Waals surface area contributed by atoms with Gasteiger partial charge in [0, 0.05) is 0 Å². The lowest BCUT2D eigenvalue weighted by atomic mass is 10.1. The number of carbonyl (C=O) groups is 2. The van der Waals surface area contributed by atoms with Crippen LogP contribution in [0.15, 0.2) is 24.3 Å². The Hall–Kier alpha value is -2.04. The lowest BCUT2D eigenvalue weighted by Crippen LogP contribution is -2.36. The van der Waals surface area contributed by atoms with Crippen LogP contribution in [0, 0.1) is 0 Å². The number of amides is 1. The van der Waals surface area contributed by atoms with Crippen LogP contribution in [0.25, 0.3) is 0 Å². The van der Waals surface area contributed by atoms with E-state index in [1.54, 1.807) is 12.1 Å². The molecule has 1 amide bonds. The molecule has 1 rings (SSSR count). The van der Waals surface area contributed by atoms with E-state index in [0.717, 1.165) is 0 Å². The van der Waals surface area contributed by atoms with Crippen LogP contribution >= 0.6 is 0 Å². The van der Waals surface area contributed by atoms with Gasteiger partial charge >= 0.3 is 6.09 Å². The molecule has 0 aliphatic carbocycles. The van der Waals surface area contributed by atoms with E-state index >= 15 is 0 Å². The molecule has 0 saturated carbocycles. The number of aldehydes is 1. The minimum absolute atomic E-state index is 0.0903. The number of hydrogen-bond acceptors (Lipinski definition) is 3. The van der Waals surface area contributed by atoms with Gasteiger partial charge in [-0.1, -0.05) is 12.1 Å². The fourth-order valence-electron chi connectivity index (χ4n) is 1.23. The fraction of sp³-hybridized carbons (Fsp3) is 0.200. The molecule has 0 spiro atoms. The first kappa shape index (κ1) is 11.0. The van der Waals surface area contributed by atoms with E-state index in [0.29, 0.717) is 11.8 Å². The van der Waals surface area contributed by atoms with Gasteiger partial charge in [0.1, 0.15) is 12.0 Å². The zero-order chi connectivity index (χ0) is 11.3. The predicted molar refractivity (Wildman–Crippen MR) is 52.8 cm³/mol. The maximum absolute atomic E-state index is 10.5. The van der Waals surface area contributed by atoms with Crippen LogP contribution in [0.1, 0.15) is 5.56 Å². The Kier molecular flexibility index (Phi) is 3.68. The van der Waals surface area contributed by atoms with Crippen LogP contribution < -0.4 is 5.32 Å². The van der Waals surface area contributed by atoms with Crippen LogP contribution in [0.4, 0.5) is 4.79 Å². The van der Waals surface area contributed by atoms with Crippen molar-refractivity contribution in [3.63, 3.8) is 0 Å². The maximum atomic E-state index is 10.5. The summed E-state index contributed by atoms with van der Waals surface area (Å²) in [6.45, 7) is 0. The van der Waals surface area contributed by atoms with Crippen molar-refractivity contribution in [1.82, 2.24) is 5.32 Å². The summed E-state index contributed by atoms with van der Waals surface area (Å²) in [5.74, 6) is 0.0903. The average Bonchev–Trinajstić information content (AvgIpc) is 2.16. The Balaban J connectivity index is 2.66. The molecular formula is C10H11NO4. The van der Waals surface area contributed by atoms with E-state index in [-0.39, 0.29) is 12.2 Å². The van der Waals surface area contributed by atoms with Crippen molar-refractivity contribution in [2.24, 2.45) is 0 Å². The normalized spacial score (nSPS) is 11.7. The highest BCUT2D eigenvalue weighted by Crippen LogP contribution is 2.12. The van der Waals surface area contributed by atoms with Crippen LogP contribution in [0.5, 0.6) is 5.75 Å². The number of aromatic hydroxyl groups is 1. The molecule has 5 heteroatoms. The fourth-order valence-corrected chi connectivity index (χ4v) is 1.23. The van der Waals surface area contributed by atoms with Gasteiger partial charge in [0.2, 0.25) is 0 Å². The van der Waals surface area contributed by atoms with Gasteiger partial charge in [-0.15, -0.1) is 0 Å². The molecule has 0 fully saturated rings. The number of benzene rings is 1. The number of nitrogens with one attached hydrogen (secondary N) is 1. The van der Waals surface area contributed by atoms with E-state index in [4.69, 9.17) is 10.2 Å². The second kappa shape index (κ2) is 4.99. The zero-order valence-electron chi connectivity index (χ0n) is 7.88. The third-order valence-electron chi connectivity index (χ3n) is 1.84. The molecule has 0 aliphatic rings. The van der Waals surface area contributed by atoms with Crippen molar-refractivity contribution in [2.45, 2.75) is 12.5 Å². The van der Waals surface area contributed by atoms with Crippen molar-refractivity contribution < 1.29 is 19.8 Å². The number of hydrogen-bond donors (Lipinski definition) is 3. The first-order chi connectivity index (χ1) is 7.11. The third kappa shape index (κ3) is 3.68. The molecule has 5 nitrogen and oxygen atoms in total. The van der Waals surface area contributed by atoms with Gasteiger partial charge in [-0.25, -0.2) is 4.79 Å². The predicted octanol–water partition coefficient (Wildman–Crippen LogP) is 0.770. The Morgan fingerprint density at radius 3 is 2.80 bits per heavy atom. The summed E-state index contributed by atoms with van der Waals surface area (Å²) in [4.78, 5) is 20.8. The number of phenolic OH excluding ortho intramolecular Hbond substituents is 1. The van der Waals surface area contributed by atoms with E-state index in [2.05, 4.69) is 5.32 Å². The van der Waals surface area contributed by atoms with Gasteiger partial charge < -0.3 is 20.3 Å². The highest BCUT2D eigenvalue weighted by molar-refractivity contribution is 5.71. The SMILES string of the molecule is O=CC(Cc1cccc(O)c1)NC(=O)O. The molecule has 80 valence electrons. The standard InChI is InChI=1S/C10H11NO4/c12-6-8(11-10(14)15)4-7-2-1-3-9(13)5-7/h1-3,5-6,8,11,13H,4H2,(H,14,15). The molecule has 0 saturated heterocycles. The van der Waals surface area contributed by atoms with Crippen molar-refractivity contribution >= 4 is 12.4 Å². The summed E-state index contributed by atoms with van der Waals surface area (Å²) in [7, 11) is 0. The lowest BCUT2D eigenvalue weighted by molar-refractivity contribution is -0.109. The monoisotopic (exact) mass is 209 g/mol. The van der Waals surface area contributed by atoms with Crippen molar-refractivity contribution in [3.05, 3.63) is 29.8 Å². The summed E-state index contributed by atoms with van der Waals surface area (Å²) >= 11 is 0. The molecule has 1 aromatic rings. The number of carboxylic acid groups (broad SMARTS) is 1. The van der Waals surface area contributed by atoms with Crippen LogP contribution in [-0.2, 0) is 11.2 Å². The summed E-state index contributed by atoms with van der Waals surface area (Å²) in [5.41, 5.74) is 0.695. The molecule has 0 bridgehead atoms. The van der Waals surface area contributed by atoms with Crippen LogP contribution in [0.2, 0.25) is 0 Å². The second-order valence-electron chi connectivity index (χ2n) is 3.07. The van der Waals surface area contributed by atoms with E-state index in [9.17, 15) is 9.59 Å². The number of phenols is 1. The van der Waals surface area contributed by atoms with Gasteiger partial charge in [0.25, 0.3) is 0 Å². The average molecular weight is 209 g/mol. The first-order valence-corrected chi connectivity index (χ1v) is 4.34. The van der Waals surface area contributed by atoms with Gasteiger partial charge in [-0.3, -0.25) is 0 Å². The minimum Gasteiger partial charge on any atom is -0.508 e. The van der Waals surface area contributed by atoms with E-state index in [1.165, 1.54) is 12.1 Å². The molecular weight excluding hydrogens is 198 g/mol. The summed E-state index contributed by atoms with van der Waals surface area (Å²) in [5, 5.41) is 19.6. The molecule has 0 aliphatic heterocycles. The third-order valence-corrected chi connectivity index (χ3v) is 1.84. The number of rotatable bonds is 4. The first-order valence-electron chi connectivity index (χ1n) is 4.34. The molecule has 0 radical (unpaired) electrons. The highest BCUT2D eigenvalue weighted by atomic mass is 16.4. The molecule has 0 aromatic heterocycles. The molecule has 0 heterocycles. The Bertz CT molecular complexity index is 364. The van der Waals surface area contributed by atoms with Crippen LogP contribution in [-0.4, -0.2) is 28.6 Å². The summed E-state index contributed by atoms with van der Waals surface area (Å²) in [6, 6.07) is 5.54. The second-order valence-corrected chi connectivity index (χ2v) is 3.07. The van der Waals surface area contributed by atoms with Crippen LogP contribution in [0.3, 0.4) is 0 Å².